The van der Waals surface area contributed by atoms with E-state index in [4.69, 9.17) is 9.26 Å². The zero-order chi connectivity index (χ0) is 18.6. The third kappa shape index (κ3) is 4.97. The van der Waals surface area contributed by atoms with E-state index in [1.54, 1.807) is 24.3 Å². The normalized spacial score (nSPS) is 22.3. The number of benzene rings is 1. The minimum atomic E-state index is -0.232. The van der Waals surface area contributed by atoms with Crippen molar-refractivity contribution in [1.29, 1.82) is 0 Å². The quantitative estimate of drug-likeness (QED) is 0.719. The maximum absolute atomic E-state index is 12.1. The van der Waals surface area contributed by atoms with Crippen molar-refractivity contribution in [1.82, 2.24) is 15.5 Å². The van der Waals surface area contributed by atoms with Gasteiger partial charge < -0.3 is 25.0 Å². The molecule has 1 heterocycles. The monoisotopic (exact) mass is 372 g/mol. The smallest absolute Gasteiger partial charge is 0.319 e. The van der Waals surface area contributed by atoms with Gasteiger partial charge in [-0.3, -0.25) is 0 Å². The summed E-state index contributed by atoms with van der Waals surface area (Å²) >= 11 is 0. The highest BCUT2D eigenvalue weighted by molar-refractivity contribution is 5.89. The van der Waals surface area contributed by atoms with E-state index in [2.05, 4.69) is 20.8 Å². The predicted molar refractivity (Wildman–Crippen MR) is 97.5 cm³/mol. The van der Waals surface area contributed by atoms with Gasteiger partial charge in [0.15, 0.2) is 6.61 Å². The molecule has 0 bridgehead atoms. The summed E-state index contributed by atoms with van der Waals surface area (Å²) in [6.07, 6.45) is 5.09. The minimum absolute atomic E-state index is 0.117. The van der Waals surface area contributed by atoms with Gasteiger partial charge in [0, 0.05) is 17.6 Å². The summed E-state index contributed by atoms with van der Waals surface area (Å²) in [5, 5.41) is 19.2. The summed E-state index contributed by atoms with van der Waals surface area (Å²) in [7, 11) is 0. The van der Waals surface area contributed by atoms with Crippen LogP contribution in [0.3, 0.4) is 0 Å². The molecular weight excluding hydrogens is 348 g/mol. The summed E-state index contributed by atoms with van der Waals surface area (Å²) < 4.78 is 10.9. The first-order valence-electron chi connectivity index (χ1n) is 9.46. The van der Waals surface area contributed by atoms with Crippen molar-refractivity contribution in [3.8, 4) is 5.75 Å². The number of hydrogen-bond donors (Lipinski definition) is 3. The number of aromatic nitrogens is 2. The summed E-state index contributed by atoms with van der Waals surface area (Å²) in [6, 6.07) is 7.02. The zero-order valence-corrected chi connectivity index (χ0v) is 15.1. The van der Waals surface area contributed by atoms with Gasteiger partial charge in [0.05, 0.1) is 6.10 Å². The second-order valence-electron chi connectivity index (χ2n) is 7.24. The van der Waals surface area contributed by atoms with Crippen LogP contribution in [0, 0.1) is 0 Å². The fourth-order valence-electron chi connectivity index (χ4n) is 3.18. The summed E-state index contributed by atoms with van der Waals surface area (Å²) in [4.78, 5) is 16.4. The molecule has 2 saturated carbocycles. The highest BCUT2D eigenvalue weighted by atomic mass is 16.5. The van der Waals surface area contributed by atoms with E-state index in [0.29, 0.717) is 29.1 Å². The van der Waals surface area contributed by atoms with Crippen LogP contribution in [0.15, 0.2) is 28.8 Å². The van der Waals surface area contributed by atoms with Crippen molar-refractivity contribution in [2.75, 3.05) is 5.32 Å². The Morgan fingerprint density at radius 2 is 1.89 bits per heavy atom. The van der Waals surface area contributed by atoms with Crippen LogP contribution in [-0.4, -0.2) is 33.4 Å². The molecule has 0 atom stereocenters. The van der Waals surface area contributed by atoms with Crippen molar-refractivity contribution in [3.63, 3.8) is 0 Å². The molecule has 1 aromatic heterocycles. The van der Waals surface area contributed by atoms with E-state index in [-0.39, 0.29) is 24.8 Å². The second-order valence-corrected chi connectivity index (χ2v) is 7.24. The summed E-state index contributed by atoms with van der Waals surface area (Å²) in [5.74, 6) is 2.34. The first-order valence-corrected chi connectivity index (χ1v) is 9.46. The highest BCUT2D eigenvalue weighted by Gasteiger charge is 2.29. The molecule has 0 spiro atoms. The van der Waals surface area contributed by atoms with Gasteiger partial charge in [-0.15, -0.1) is 0 Å². The lowest BCUT2D eigenvalue weighted by atomic mass is 9.93. The molecule has 3 N–H and O–H groups in total. The van der Waals surface area contributed by atoms with E-state index in [9.17, 15) is 9.90 Å². The Morgan fingerprint density at radius 3 is 2.59 bits per heavy atom. The van der Waals surface area contributed by atoms with Crippen LogP contribution in [-0.2, 0) is 6.61 Å². The van der Waals surface area contributed by atoms with E-state index >= 15 is 0 Å². The van der Waals surface area contributed by atoms with Crippen LogP contribution in [0.1, 0.15) is 56.2 Å². The van der Waals surface area contributed by atoms with E-state index in [1.807, 2.05) is 0 Å². The van der Waals surface area contributed by atoms with Gasteiger partial charge in [-0.05, 0) is 62.8 Å². The molecule has 0 radical (unpaired) electrons. The number of rotatable bonds is 6. The second kappa shape index (κ2) is 7.96. The van der Waals surface area contributed by atoms with Crippen molar-refractivity contribution in [2.45, 2.75) is 63.2 Å². The first kappa shape index (κ1) is 17.8. The lowest BCUT2D eigenvalue weighted by Crippen LogP contribution is -2.40. The van der Waals surface area contributed by atoms with E-state index in [1.165, 1.54) is 0 Å². The Balaban J connectivity index is 1.22. The predicted octanol–water partition coefficient (Wildman–Crippen LogP) is 2.95. The number of nitrogens with one attached hydrogen (secondary N) is 2. The number of carbonyl (C=O) groups is 1. The fraction of sp³-hybridized carbons (Fsp3) is 0.526. The Bertz CT molecular complexity index is 764. The molecule has 2 aromatic rings. The number of urea groups is 1. The minimum Gasteiger partial charge on any atom is -0.485 e. The molecule has 8 heteroatoms. The maximum Gasteiger partial charge on any atom is 0.319 e. The topological polar surface area (TPSA) is 110 Å². The van der Waals surface area contributed by atoms with Crippen LogP contribution >= 0.6 is 0 Å². The first-order chi connectivity index (χ1) is 13.2. The molecule has 2 fully saturated rings. The molecule has 27 heavy (non-hydrogen) atoms. The number of ether oxygens (including phenoxy) is 1. The Morgan fingerprint density at radius 1 is 1.15 bits per heavy atom. The van der Waals surface area contributed by atoms with E-state index < -0.39 is 0 Å². The van der Waals surface area contributed by atoms with Crippen LogP contribution < -0.4 is 15.4 Å². The summed E-state index contributed by atoms with van der Waals surface area (Å²) in [6.45, 7) is 0.247. The molecule has 144 valence electrons. The number of aliphatic hydroxyl groups is 1. The third-order valence-electron chi connectivity index (χ3n) is 4.92. The maximum atomic E-state index is 12.1. The zero-order valence-electron chi connectivity index (χ0n) is 15.1. The number of amides is 2. The number of carbonyl (C=O) groups excluding carboxylic acids is 1. The van der Waals surface area contributed by atoms with Crippen LogP contribution in [0.4, 0.5) is 10.5 Å². The summed E-state index contributed by atoms with van der Waals surface area (Å²) in [5.41, 5.74) is 0.686. The molecular formula is C19H24N4O4. The fourth-order valence-corrected chi connectivity index (χ4v) is 3.18. The molecule has 8 nitrogen and oxygen atoms in total. The molecule has 0 aliphatic heterocycles. The highest BCUT2D eigenvalue weighted by Crippen LogP contribution is 2.38. The molecule has 0 saturated heterocycles. The Kier molecular flexibility index (Phi) is 5.24. The molecule has 2 amide bonds. The lowest BCUT2D eigenvalue weighted by molar-refractivity contribution is 0.118. The number of nitrogens with zero attached hydrogens (tertiary/aromatic N) is 2. The molecule has 2 aliphatic carbocycles. The molecule has 4 rings (SSSR count). The molecule has 2 aliphatic rings. The number of anilines is 1. The van der Waals surface area contributed by atoms with E-state index in [0.717, 1.165) is 38.5 Å². The van der Waals surface area contributed by atoms with Gasteiger partial charge in [-0.2, -0.15) is 4.98 Å². The van der Waals surface area contributed by atoms with Gasteiger partial charge >= 0.3 is 6.03 Å². The van der Waals surface area contributed by atoms with Crippen molar-refractivity contribution < 1.29 is 19.2 Å². The SMILES string of the molecule is O=C(Nc1ccc(OCc2noc(C3CC3)n2)cc1)NC1CCC(O)CC1. The third-order valence-corrected chi connectivity index (χ3v) is 4.92. The Labute approximate surface area is 157 Å². The van der Waals surface area contributed by atoms with Crippen molar-refractivity contribution in [3.05, 3.63) is 36.0 Å². The lowest BCUT2D eigenvalue weighted by Gasteiger charge is -2.26. The number of hydrogen-bond acceptors (Lipinski definition) is 6. The number of aliphatic hydroxyl groups excluding tert-OH is 1. The average molecular weight is 372 g/mol. The molecule has 0 unspecified atom stereocenters. The van der Waals surface area contributed by atoms with Gasteiger partial charge in [0.2, 0.25) is 11.7 Å². The standard InChI is InChI=1S/C19H24N4O4/c24-15-7-3-13(4-8-15)20-19(25)21-14-5-9-16(10-6-14)26-11-17-22-18(27-23-17)12-1-2-12/h5-6,9-10,12-13,15,24H,1-4,7-8,11H2,(H2,20,21,25). The van der Waals surface area contributed by atoms with Gasteiger partial charge in [0.1, 0.15) is 5.75 Å². The largest absolute Gasteiger partial charge is 0.485 e. The van der Waals surface area contributed by atoms with Crippen molar-refractivity contribution in [2.24, 2.45) is 0 Å². The molecule has 1 aromatic carbocycles. The van der Waals surface area contributed by atoms with Crippen molar-refractivity contribution >= 4 is 11.7 Å². The van der Waals surface area contributed by atoms with Gasteiger partial charge in [0.25, 0.3) is 0 Å². The Hall–Kier alpha value is -2.61. The van der Waals surface area contributed by atoms with Crippen LogP contribution in [0.2, 0.25) is 0 Å². The van der Waals surface area contributed by atoms with Gasteiger partial charge in [-0.25, -0.2) is 4.79 Å². The van der Waals surface area contributed by atoms with Crippen LogP contribution in [0.25, 0.3) is 0 Å². The van der Waals surface area contributed by atoms with Crippen LogP contribution in [0.5, 0.6) is 5.75 Å². The van der Waals surface area contributed by atoms with Gasteiger partial charge in [-0.1, -0.05) is 5.16 Å². The average Bonchev–Trinajstić information content (AvgIpc) is 3.41.